The van der Waals surface area contributed by atoms with Gasteiger partial charge >= 0.3 is 6.09 Å². The Balaban J connectivity index is 1.48. The van der Waals surface area contributed by atoms with E-state index in [4.69, 9.17) is 4.74 Å². The SMILES string of the molecule is Cc1cc(/C=C/C(=O)Nc2ccccc2N2CCOC2=O)c(C)n1C1CCCCC1. The summed E-state index contributed by atoms with van der Waals surface area (Å²) in [6.07, 6.45) is 9.43. The summed E-state index contributed by atoms with van der Waals surface area (Å²) in [7, 11) is 0. The molecular weight excluding hydrogens is 378 g/mol. The van der Waals surface area contributed by atoms with Crippen molar-refractivity contribution in [3.63, 3.8) is 0 Å². The van der Waals surface area contributed by atoms with Crippen molar-refractivity contribution >= 4 is 29.5 Å². The van der Waals surface area contributed by atoms with Crippen LogP contribution < -0.4 is 10.2 Å². The van der Waals surface area contributed by atoms with Crippen molar-refractivity contribution in [3.05, 3.63) is 53.4 Å². The Morgan fingerprint density at radius 2 is 1.93 bits per heavy atom. The predicted molar refractivity (Wildman–Crippen MR) is 119 cm³/mol. The predicted octanol–water partition coefficient (Wildman–Crippen LogP) is 5.22. The lowest BCUT2D eigenvalue weighted by Crippen LogP contribution is -2.25. The van der Waals surface area contributed by atoms with Crippen LogP contribution in [0, 0.1) is 13.8 Å². The molecule has 1 aromatic carbocycles. The van der Waals surface area contributed by atoms with E-state index in [0.717, 1.165) is 5.56 Å². The minimum atomic E-state index is -0.387. The zero-order valence-electron chi connectivity index (χ0n) is 17.7. The minimum absolute atomic E-state index is 0.225. The number of para-hydroxylation sites is 2. The summed E-state index contributed by atoms with van der Waals surface area (Å²) in [5.41, 5.74) is 4.78. The van der Waals surface area contributed by atoms with Crippen molar-refractivity contribution < 1.29 is 14.3 Å². The molecule has 6 heteroatoms. The first-order chi connectivity index (χ1) is 14.5. The highest BCUT2D eigenvalue weighted by molar-refractivity contribution is 6.05. The van der Waals surface area contributed by atoms with Gasteiger partial charge in [0.15, 0.2) is 0 Å². The fourth-order valence-electron chi connectivity index (χ4n) is 4.64. The zero-order valence-corrected chi connectivity index (χ0v) is 17.7. The van der Waals surface area contributed by atoms with Gasteiger partial charge in [-0.15, -0.1) is 0 Å². The molecule has 1 saturated heterocycles. The van der Waals surface area contributed by atoms with E-state index >= 15 is 0 Å². The monoisotopic (exact) mass is 407 g/mol. The molecule has 0 unspecified atom stereocenters. The molecule has 1 N–H and O–H groups in total. The Labute approximate surface area is 177 Å². The first-order valence-electron chi connectivity index (χ1n) is 10.8. The summed E-state index contributed by atoms with van der Waals surface area (Å²) in [5, 5.41) is 2.90. The zero-order chi connectivity index (χ0) is 21.1. The van der Waals surface area contributed by atoms with Crippen LogP contribution in [0.25, 0.3) is 6.08 Å². The molecule has 1 saturated carbocycles. The van der Waals surface area contributed by atoms with E-state index in [0.29, 0.717) is 30.6 Å². The van der Waals surface area contributed by atoms with Crippen LogP contribution in [0.1, 0.15) is 55.1 Å². The highest BCUT2D eigenvalue weighted by atomic mass is 16.6. The van der Waals surface area contributed by atoms with Gasteiger partial charge in [0.25, 0.3) is 0 Å². The molecule has 0 atom stereocenters. The number of carbonyl (C=O) groups is 2. The van der Waals surface area contributed by atoms with Gasteiger partial charge in [0.2, 0.25) is 5.91 Å². The van der Waals surface area contributed by atoms with Gasteiger partial charge < -0.3 is 14.6 Å². The number of aryl methyl sites for hydroxylation is 1. The Morgan fingerprint density at radius 3 is 2.67 bits per heavy atom. The normalized spacial score (nSPS) is 17.5. The number of anilines is 2. The lowest BCUT2D eigenvalue weighted by molar-refractivity contribution is -0.111. The Bertz CT molecular complexity index is 970. The lowest BCUT2D eigenvalue weighted by atomic mass is 9.95. The molecule has 0 spiro atoms. The van der Waals surface area contributed by atoms with Crippen LogP contribution in [0.15, 0.2) is 36.4 Å². The summed E-state index contributed by atoms with van der Waals surface area (Å²) in [6, 6.07) is 10.0. The molecule has 6 nitrogen and oxygen atoms in total. The van der Waals surface area contributed by atoms with Gasteiger partial charge in [-0.3, -0.25) is 9.69 Å². The summed E-state index contributed by atoms with van der Waals surface area (Å²) >= 11 is 0. The molecule has 0 radical (unpaired) electrons. The molecule has 0 bridgehead atoms. The first-order valence-corrected chi connectivity index (χ1v) is 10.8. The number of hydrogen-bond donors (Lipinski definition) is 1. The number of benzene rings is 1. The second kappa shape index (κ2) is 8.78. The van der Waals surface area contributed by atoms with E-state index in [1.54, 1.807) is 12.1 Å². The third kappa shape index (κ3) is 4.13. The van der Waals surface area contributed by atoms with Gasteiger partial charge in [0.1, 0.15) is 6.61 Å². The second-order valence-electron chi connectivity index (χ2n) is 8.09. The van der Waals surface area contributed by atoms with Crippen molar-refractivity contribution in [2.75, 3.05) is 23.4 Å². The fraction of sp³-hybridized carbons (Fsp3) is 0.417. The summed E-state index contributed by atoms with van der Waals surface area (Å²) in [5.74, 6) is -0.225. The lowest BCUT2D eigenvalue weighted by Gasteiger charge is -2.26. The third-order valence-corrected chi connectivity index (χ3v) is 6.09. The molecule has 1 aliphatic heterocycles. The minimum Gasteiger partial charge on any atom is -0.447 e. The van der Waals surface area contributed by atoms with Crippen molar-refractivity contribution in [1.29, 1.82) is 0 Å². The van der Waals surface area contributed by atoms with E-state index in [1.165, 1.54) is 48.4 Å². The molecule has 158 valence electrons. The van der Waals surface area contributed by atoms with E-state index in [9.17, 15) is 9.59 Å². The van der Waals surface area contributed by atoms with Crippen LogP contribution >= 0.6 is 0 Å². The smallest absolute Gasteiger partial charge is 0.414 e. The average Bonchev–Trinajstić information content (AvgIpc) is 3.29. The number of aromatic nitrogens is 1. The number of nitrogens with one attached hydrogen (secondary N) is 1. The highest BCUT2D eigenvalue weighted by Crippen LogP contribution is 2.32. The summed E-state index contributed by atoms with van der Waals surface area (Å²) < 4.78 is 7.46. The number of amides is 2. The van der Waals surface area contributed by atoms with Crippen molar-refractivity contribution in [1.82, 2.24) is 4.57 Å². The average molecular weight is 408 g/mol. The third-order valence-electron chi connectivity index (χ3n) is 6.09. The molecule has 2 fully saturated rings. The molecule has 2 amide bonds. The van der Waals surface area contributed by atoms with Crippen LogP contribution in [0.4, 0.5) is 16.2 Å². The molecule has 30 heavy (non-hydrogen) atoms. The van der Waals surface area contributed by atoms with Crippen molar-refractivity contribution in [2.24, 2.45) is 0 Å². The molecule has 2 heterocycles. The van der Waals surface area contributed by atoms with Crippen LogP contribution in [0.5, 0.6) is 0 Å². The fourth-order valence-corrected chi connectivity index (χ4v) is 4.64. The summed E-state index contributed by atoms with van der Waals surface area (Å²) in [4.78, 5) is 26.0. The van der Waals surface area contributed by atoms with E-state index in [1.807, 2.05) is 24.3 Å². The van der Waals surface area contributed by atoms with Crippen LogP contribution in [0.3, 0.4) is 0 Å². The number of nitrogens with zero attached hydrogens (tertiary/aromatic N) is 2. The van der Waals surface area contributed by atoms with Crippen molar-refractivity contribution in [2.45, 2.75) is 52.0 Å². The van der Waals surface area contributed by atoms with E-state index in [-0.39, 0.29) is 12.0 Å². The topological polar surface area (TPSA) is 63.6 Å². The standard InChI is InChI=1S/C24H29N3O3/c1-17-16-19(18(2)27(17)20-8-4-3-5-9-20)12-13-23(28)25-21-10-6-7-11-22(21)26-14-15-30-24(26)29/h6-7,10-13,16,20H,3-5,8-9,14-15H2,1-2H3,(H,25,28)/b13-12+. The highest BCUT2D eigenvalue weighted by Gasteiger charge is 2.25. The van der Waals surface area contributed by atoms with Crippen molar-refractivity contribution in [3.8, 4) is 0 Å². The van der Waals surface area contributed by atoms with Gasteiger partial charge in [-0.25, -0.2) is 4.79 Å². The van der Waals surface area contributed by atoms with Gasteiger partial charge in [0, 0.05) is 23.5 Å². The number of cyclic esters (lactones) is 1. The quantitative estimate of drug-likeness (QED) is 0.691. The van der Waals surface area contributed by atoms with Gasteiger partial charge in [-0.1, -0.05) is 31.4 Å². The Morgan fingerprint density at radius 1 is 1.17 bits per heavy atom. The van der Waals surface area contributed by atoms with Crippen LogP contribution in [0.2, 0.25) is 0 Å². The number of ether oxygens (including phenoxy) is 1. The maximum absolute atomic E-state index is 12.6. The summed E-state index contributed by atoms with van der Waals surface area (Å²) in [6.45, 7) is 5.12. The first kappa shape index (κ1) is 20.3. The maximum atomic E-state index is 12.6. The number of rotatable bonds is 5. The Kier molecular flexibility index (Phi) is 5.93. The van der Waals surface area contributed by atoms with E-state index < -0.39 is 0 Å². The van der Waals surface area contributed by atoms with Gasteiger partial charge in [0.05, 0.1) is 17.9 Å². The molecule has 2 aliphatic rings. The molecular formula is C24H29N3O3. The van der Waals surface area contributed by atoms with E-state index in [2.05, 4.69) is 29.8 Å². The van der Waals surface area contributed by atoms with Gasteiger partial charge in [-0.05, 0) is 56.5 Å². The molecule has 2 aromatic rings. The van der Waals surface area contributed by atoms with Gasteiger partial charge in [-0.2, -0.15) is 0 Å². The largest absolute Gasteiger partial charge is 0.447 e. The number of carbonyl (C=O) groups excluding carboxylic acids is 2. The molecule has 1 aromatic heterocycles. The molecule has 1 aliphatic carbocycles. The van der Waals surface area contributed by atoms with Crippen LogP contribution in [-0.4, -0.2) is 29.7 Å². The second-order valence-corrected chi connectivity index (χ2v) is 8.09. The maximum Gasteiger partial charge on any atom is 0.414 e. The number of hydrogen-bond acceptors (Lipinski definition) is 3. The van der Waals surface area contributed by atoms with Crippen LogP contribution in [-0.2, 0) is 9.53 Å². The Hall–Kier alpha value is -3.02. The molecule has 4 rings (SSSR count).